The molecule has 0 saturated heterocycles. The molecule has 2 aromatic rings. The summed E-state index contributed by atoms with van der Waals surface area (Å²) in [5, 5.41) is 8.09. The van der Waals surface area contributed by atoms with Gasteiger partial charge in [-0.15, -0.1) is 5.10 Å². The van der Waals surface area contributed by atoms with Gasteiger partial charge in [0.1, 0.15) is 11.4 Å². The van der Waals surface area contributed by atoms with Gasteiger partial charge in [0.2, 0.25) is 0 Å². The van der Waals surface area contributed by atoms with Gasteiger partial charge in [-0.1, -0.05) is 0 Å². The lowest BCUT2D eigenvalue weighted by molar-refractivity contribution is 0.104. The van der Waals surface area contributed by atoms with E-state index in [1.165, 1.54) is 0 Å². The summed E-state index contributed by atoms with van der Waals surface area (Å²) in [6, 6.07) is 7.19. The van der Waals surface area contributed by atoms with E-state index in [9.17, 15) is 4.79 Å². The lowest BCUT2D eigenvalue weighted by atomic mass is 10.1. The second-order valence-electron chi connectivity index (χ2n) is 3.99. The van der Waals surface area contributed by atoms with Crippen molar-refractivity contribution in [3.8, 4) is 17.0 Å². The highest BCUT2D eigenvalue weighted by Crippen LogP contribution is 2.36. The molecule has 0 fully saturated rings. The van der Waals surface area contributed by atoms with E-state index in [0.717, 1.165) is 11.3 Å². The third-order valence-electron chi connectivity index (χ3n) is 2.89. The molecule has 1 aliphatic carbocycles. The van der Waals surface area contributed by atoms with Gasteiger partial charge in [0, 0.05) is 11.1 Å². The summed E-state index contributed by atoms with van der Waals surface area (Å²) in [4.78, 5) is 12.2. The van der Waals surface area contributed by atoms with Gasteiger partial charge < -0.3 is 4.74 Å². The van der Waals surface area contributed by atoms with E-state index in [-0.39, 0.29) is 5.78 Å². The molecule has 1 heterocycles. The normalized spacial score (nSPS) is 12.2. The highest BCUT2D eigenvalue weighted by Gasteiger charge is 2.28. The first-order chi connectivity index (χ1) is 8.20. The van der Waals surface area contributed by atoms with Crippen molar-refractivity contribution in [2.45, 2.75) is 6.92 Å². The molecule has 0 N–H and O–H groups in total. The molecule has 4 heteroatoms. The Morgan fingerprint density at radius 1 is 1.06 bits per heavy atom. The molecule has 0 aliphatic heterocycles. The number of carbonyl (C=O) groups is 1. The number of ketones is 1. The number of methoxy groups -OCH3 is 1. The van der Waals surface area contributed by atoms with Gasteiger partial charge in [-0.25, -0.2) is 0 Å². The first-order valence-electron chi connectivity index (χ1n) is 5.28. The average molecular weight is 226 g/mol. The molecule has 0 spiro atoms. The summed E-state index contributed by atoms with van der Waals surface area (Å²) in [5.74, 6) is 0.668. The zero-order valence-corrected chi connectivity index (χ0v) is 9.52. The van der Waals surface area contributed by atoms with Crippen LogP contribution in [0.3, 0.4) is 0 Å². The maximum atomic E-state index is 12.2. The van der Waals surface area contributed by atoms with Gasteiger partial charge in [-0.2, -0.15) is 5.10 Å². The summed E-state index contributed by atoms with van der Waals surface area (Å²) in [6.07, 6.45) is 0. The lowest BCUT2D eigenvalue weighted by Gasteiger charge is -2.01. The maximum Gasteiger partial charge on any atom is 0.196 e. The van der Waals surface area contributed by atoms with Crippen molar-refractivity contribution in [1.29, 1.82) is 0 Å². The van der Waals surface area contributed by atoms with E-state index in [2.05, 4.69) is 10.2 Å². The number of carbonyl (C=O) groups excluding carboxylic acids is 1. The summed E-state index contributed by atoms with van der Waals surface area (Å²) in [6.45, 7) is 1.82. The molecule has 4 nitrogen and oxygen atoms in total. The van der Waals surface area contributed by atoms with Crippen LogP contribution in [0.2, 0.25) is 0 Å². The lowest BCUT2D eigenvalue weighted by Crippen LogP contribution is -1.98. The molecular formula is C13H10N2O2. The number of ether oxygens (including phenoxy) is 1. The van der Waals surface area contributed by atoms with E-state index in [1.54, 1.807) is 19.2 Å². The Kier molecular flexibility index (Phi) is 1.98. The minimum absolute atomic E-state index is 0.00750. The van der Waals surface area contributed by atoms with E-state index in [1.807, 2.05) is 19.1 Å². The third-order valence-corrected chi connectivity index (χ3v) is 2.89. The number of aryl methyl sites for hydroxylation is 1. The van der Waals surface area contributed by atoms with Crippen LogP contribution in [0.5, 0.6) is 5.75 Å². The Labute approximate surface area is 98.3 Å². The van der Waals surface area contributed by atoms with E-state index >= 15 is 0 Å². The average Bonchev–Trinajstić information content (AvgIpc) is 2.62. The number of hydrogen-bond donors (Lipinski definition) is 0. The number of benzene rings is 1. The van der Waals surface area contributed by atoms with Gasteiger partial charge >= 0.3 is 0 Å². The van der Waals surface area contributed by atoms with Crippen LogP contribution in [0.4, 0.5) is 0 Å². The summed E-state index contributed by atoms with van der Waals surface area (Å²) >= 11 is 0. The Hall–Kier alpha value is -2.23. The molecule has 0 atom stereocenters. The zero-order valence-electron chi connectivity index (χ0n) is 9.52. The summed E-state index contributed by atoms with van der Waals surface area (Å²) in [7, 11) is 1.58. The van der Waals surface area contributed by atoms with Gasteiger partial charge in [-0.05, 0) is 31.2 Å². The van der Waals surface area contributed by atoms with Crippen molar-refractivity contribution in [3.63, 3.8) is 0 Å². The van der Waals surface area contributed by atoms with Crippen LogP contribution in [0.25, 0.3) is 11.3 Å². The Bertz CT molecular complexity index is 635. The van der Waals surface area contributed by atoms with Crippen molar-refractivity contribution in [2.24, 2.45) is 0 Å². The van der Waals surface area contributed by atoms with Gasteiger partial charge in [0.15, 0.2) is 5.78 Å². The topological polar surface area (TPSA) is 52.1 Å². The van der Waals surface area contributed by atoms with E-state index in [4.69, 9.17) is 4.74 Å². The van der Waals surface area contributed by atoms with Crippen molar-refractivity contribution < 1.29 is 9.53 Å². The summed E-state index contributed by atoms with van der Waals surface area (Å²) < 4.78 is 5.12. The monoisotopic (exact) mass is 226 g/mol. The molecule has 84 valence electrons. The minimum atomic E-state index is -0.00750. The first kappa shape index (κ1) is 9.96. The molecular weight excluding hydrogens is 216 g/mol. The van der Waals surface area contributed by atoms with Crippen molar-refractivity contribution >= 4 is 5.78 Å². The van der Waals surface area contributed by atoms with E-state index in [0.29, 0.717) is 22.6 Å². The molecule has 0 unspecified atom stereocenters. The fraction of sp³-hybridized carbons (Fsp3) is 0.154. The predicted molar refractivity (Wildman–Crippen MR) is 62.2 cm³/mol. The van der Waals surface area contributed by atoms with Crippen molar-refractivity contribution in [1.82, 2.24) is 10.2 Å². The van der Waals surface area contributed by atoms with Crippen LogP contribution in [0.1, 0.15) is 21.6 Å². The van der Waals surface area contributed by atoms with Crippen molar-refractivity contribution in [3.05, 3.63) is 41.1 Å². The first-order valence-corrected chi connectivity index (χ1v) is 5.28. The van der Waals surface area contributed by atoms with E-state index < -0.39 is 0 Å². The highest BCUT2D eigenvalue weighted by atomic mass is 16.5. The van der Waals surface area contributed by atoms with Crippen molar-refractivity contribution in [2.75, 3.05) is 7.11 Å². The van der Waals surface area contributed by atoms with Crippen LogP contribution >= 0.6 is 0 Å². The zero-order chi connectivity index (χ0) is 12.0. The number of rotatable bonds is 1. The van der Waals surface area contributed by atoms with Crippen LogP contribution in [-0.4, -0.2) is 23.1 Å². The Balaban J connectivity index is 2.27. The van der Waals surface area contributed by atoms with Gasteiger partial charge in [-0.3, -0.25) is 4.79 Å². The second-order valence-corrected chi connectivity index (χ2v) is 3.99. The van der Waals surface area contributed by atoms with Crippen LogP contribution < -0.4 is 4.74 Å². The van der Waals surface area contributed by atoms with Crippen LogP contribution in [0, 0.1) is 6.92 Å². The molecule has 1 aliphatic rings. The molecule has 1 aromatic heterocycles. The highest BCUT2D eigenvalue weighted by molar-refractivity contribution is 6.21. The second kappa shape index (κ2) is 3.38. The fourth-order valence-corrected chi connectivity index (χ4v) is 2.05. The van der Waals surface area contributed by atoms with Crippen LogP contribution in [0.15, 0.2) is 24.3 Å². The number of hydrogen-bond acceptors (Lipinski definition) is 4. The fourth-order valence-electron chi connectivity index (χ4n) is 2.05. The molecule has 17 heavy (non-hydrogen) atoms. The SMILES string of the molecule is COc1ccc2c(c1)C(=O)c1cc(C)nnc1-2. The maximum absolute atomic E-state index is 12.2. The molecule has 0 bridgehead atoms. The molecule has 3 rings (SSSR count). The molecule has 0 saturated carbocycles. The quantitative estimate of drug-likeness (QED) is 0.636. The number of fused-ring (bicyclic) bond motifs is 3. The van der Waals surface area contributed by atoms with Gasteiger partial charge in [0.05, 0.1) is 18.4 Å². The minimum Gasteiger partial charge on any atom is -0.497 e. The third kappa shape index (κ3) is 1.34. The smallest absolute Gasteiger partial charge is 0.196 e. The number of aromatic nitrogens is 2. The molecule has 1 aromatic carbocycles. The molecule has 0 amide bonds. The largest absolute Gasteiger partial charge is 0.497 e. The van der Waals surface area contributed by atoms with Gasteiger partial charge in [0.25, 0.3) is 0 Å². The summed E-state index contributed by atoms with van der Waals surface area (Å²) in [5.41, 5.74) is 3.51. The number of nitrogens with zero attached hydrogens (tertiary/aromatic N) is 2. The predicted octanol–water partition coefficient (Wildman–Crippen LogP) is 2.01. The molecule has 0 radical (unpaired) electrons. The standard InChI is InChI=1S/C13H10N2O2/c1-7-5-11-12(15-14-7)9-4-3-8(17-2)6-10(9)13(11)16/h3-6H,1-2H3. The Morgan fingerprint density at radius 2 is 1.88 bits per heavy atom. The van der Waals surface area contributed by atoms with Crippen LogP contribution in [-0.2, 0) is 0 Å². The Morgan fingerprint density at radius 3 is 2.65 bits per heavy atom.